The fourth-order valence-corrected chi connectivity index (χ4v) is 2.15. The lowest BCUT2D eigenvalue weighted by Gasteiger charge is -2.21. The third-order valence-corrected chi connectivity index (χ3v) is 3.22. The van der Waals surface area contributed by atoms with Gasteiger partial charge in [-0.15, -0.1) is 0 Å². The zero-order valence-corrected chi connectivity index (χ0v) is 11.0. The molecular formula is C16H17F2N. The molecule has 1 N–H and O–H groups in total. The maximum absolute atomic E-state index is 13.7. The summed E-state index contributed by atoms with van der Waals surface area (Å²) in [5.74, 6) is -0.806. The first-order chi connectivity index (χ1) is 9.08. The van der Waals surface area contributed by atoms with Crippen LogP contribution < -0.4 is 5.32 Å². The molecule has 19 heavy (non-hydrogen) atoms. The summed E-state index contributed by atoms with van der Waals surface area (Å²) in [6, 6.07) is 13.2. The summed E-state index contributed by atoms with van der Waals surface area (Å²) in [6.07, 6.45) is 0. The van der Waals surface area contributed by atoms with Gasteiger partial charge in [-0.05, 0) is 37.6 Å². The van der Waals surface area contributed by atoms with E-state index in [2.05, 4.69) is 5.32 Å². The van der Waals surface area contributed by atoms with E-state index in [4.69, 9.17) is 0 Å². The van der Waals surface area contributed by atoms with Crippen LogP contribution in [0.5, 0.6) is 0 Å². The second-order valence-corrected chi connectivity index (χ2v) is 4.69. The summed E-state index contributed by atoms with van der Waals surface area (Å²) < 4.78 is 26.8. The fraction of sp³-hybridized carbons (Fsp3) is 0.250. The van der Waals surface area contributed by atoms with Gasteiger partial charge in [-0.2, -0.15) is 0 Å². The molecule has 2 atom stereocenters. The predicted molar refractivity (Wildman–Crippen MR) is 72.8 cm³/mol. The van der Waals surface area contributed by atoms with E-state index in [9.17, 15) is 8.78 Å². The highest BCUT2D eigenvalue weighted by Gasteiger charge is 2.15. The van der Waals surface area contributed by atoms with Crippen molar-refractivity contribution in [2.75, 3.05) is 0 Å². The zero-order valence-electron chi connectivity index (χ0n) is 11.0. The largest absolute Gasteiger partial charge is 0.304 e. The summed E-state index contributed by atoms with van der Waals surface area (Å²) in [6.45, 7) is 3.83. The Hall–Kier alpha value is -1.74. The van der Waals surface area contributed by atoms with Crippen LogP contribution in [0, 0.1) is 11.6 Å². The standard InChI is InChI=1S/C16H17F2N/c1-11(13-6-4-3-5-7-13)19-12(2)15-10-14(17)8-9-16(15)18/h3-12,19H,1-2H3/t11-,12?/m0/s1. The maximum atomic E-state index is 13.7. The first kappa shape index (κ1) is 13.7. The number of halogens is 2. The molecule has 2 aromatic carbocycles. The Morgan fingerprint density at radius 3 is 2.26 bits per heavy atom. The second kappa shape index (κ2) is 5.93. The molecule has 0 aromatic heterocycles. The van der Waals surface area contributed by atoms with Gasteiger partial charge in [-0.3, -0.25) is 0 Å². The lowest BCUT2D eigenvalue weighted by Crippen LogP contribution is -2.23. The summed E-state index contributed by atoms with van der Waals surface area (Å²) in [5.41, 5.74) is 1.47. The van der Waals surface area contributed by atoms with Crippen molar-refractivity contribution in [2.24, 2.45) is 0 Å². The third kappa shape index (κ3) is 3.38. The van der Waals surface area contributed by atoms with Gasteiger partial charge >= 0.3 is 0 Å². The van der Waals surface area contributed by atoms with Gasteiger partial charge in [0, 0.05) is 17.6 Å². The predicted octanol–water partition coefficient (Wildman–Crippen LogP) is 4.38. The molecule has 0 radical (unpaired) electrons. The van der Waals surface area contributed by atoms with Crippen LogP contribution in [-0.2, 0) is 0 Å². The molecule has 1 nitrogen and oxygen atoms in total. The Balaban J connectivity index is 2.13. The van der Waals surface area contributed by atoms with Crippen molar-refractivity contribution in [2.45, 2.75) is 25.9 Å². The molecule has 1 unspecified atom stereocenters. The number of nitrogens with one attached hydrogen (secondary N) is 1. The van der Waals surface area contributed by atoms with E-state index in [1.807, 2.05) is 44.2 Å². The van der Waals surface area contributed by atoms with E-state index in [-0.39, 0.29) is 17.9 Å². The van der Waals surface area contributed by atoms with Gasteiger partial charge in [0.05, 0.1) is 0 Å². The van der Waals surface area contributed by atoms with Crippen LogP contribution in [0.2, 0.25) is 0 Å². The first-order valence-corrected chi connectivity index (χ1v) is 6.34. The molecule has 100 valence electrons. The fourth-order valence-electron chi connectivity index (χ4n) is 2.15. The van der Waals surface area contributed by atoms with E-state index in [0.717, 1.165) is 17.7 Å². The molecule has 2 aromatic rings. The van der Waals surface area contributed by atoms with Gasteiger partial charge < -0.3 is 5.32 Å². The molecule has 0 saturated heterocycles. The Labute approximate surface area is 112 Å². The topological polar surface area (TPSA) is 12.0 Å². The summed E-state index contributed by atoms with van der Waals surface area (Å²) >= 11 is 0. The maximum Gasteiger partial charge on any atom is 0.128 e. The molecule has 0 aliphatic rings. The highest BCUT2D eigenvalue weighted by Crippen LogP contribution is 2.22. The SMILES string of the molecule is CC(N[C@@H](C)c1ccccc1)c1cc(F)ccc1F. The Morgan fingerprint density at radius 2 is 1.58 bits per heavy atom. The molecule has 0 heterocycles. The van der Waals surface area contributed by atoms with Crippen molar-refractivity contribution in [1.82, 2.24) is 5.32 Å². The summed E-state index contributed by atoms with van der Waals surface area (Å²) in [5, 5.41) is 3.27. The highest BCUT2D eigenvalue weighted by atomic mass is 19.1. The first-order valence-electron chi connectivity index (χ1n) is 6.34. The molecule has 0 saturated carbocycles. The Kier molecular flexibility index (Phi) is 4.27. The molecule has 0 spiro atoms. The molecule has 0 fully saturated rings. The van der Waals surface area contributed by atoms with Gasteiger partial charge in [0.15, 0.2) is 0 Å². The molecule has 0 aliphatic heterocycles. The van der Waals surface area contributed by atoms with Crippen molar-refractivity contribution in [3.63, 3.8) is 0 Å². The van der Waals surface area contributed by atoms with E-state index in [1.54, 1.807) is 0 Å². The average Bonchev–Trinajstić information content (AvgIpc) is 2.42. The van der Waals surface area contributed by atoms with Crippen molar-refractivity contribution in [3.8, 4) is 0 Å². The minimum atomic E-state index is -0.419. The number of benzene rings is 2. The summed E-state index contributed by atoms with van der Waals surface area (Å²) in [4.78, 5) is 0. The Bertz CT molecular complexity index is 540. The van der Waals surface area contributed by atoms with Crippen molar-refractivity contribution >= 4 is 0 Å². The van der Waals surface area contributed by atoms with Gasteiger partial charge in [-0.25, -0.2) is 8.78 Å². The average molecular weight is 261 g/mol. The molecular weight excluding hydrogens is 244 g/mol. The number of hydrogen-bond donors (Lipinski definition) is 1. The zero-order chi connectivity index (χ0) is 13.8. The van der Waals surface area contributed by atoms with Crippen LogP contribution >= 0.6 is 0 Å². The van der Waals surface area contributed by atoms with Gasteiger partial charge in [0.2, 0.25) is 0 Å². The van der Waals surface area contributed by atoms with Crippen molar-refractivity contribution in [3.05, 3.63) is 71.3 Å². The van der Waals surface area contributed by atoms with Crippen molar-refractivity contribution < 1.29 is 8.78 Å². The van der Waals surface area contributed by atoms with Crippen LogP contribution in [-0.4, -0.2) is 0 Å². The van der Waals surface area contributed by atoms with Crippen LogP contribution in [0.1, 0.15) is 37.1 Å². The molecule has 0 bridgehead atoms. The molecule has 0 aliphatic carbocycles. The molecule has 0 amide bonds. The lowest BCUT2D eigenvalue weighted by molar-refractivity contribution is 0.470. The Morgan fingerprint density at radius 1 is 0.895 bits per heavy atom. The monoisotopic (exact) mass is 261 g/mol. The minimum Gasteiger partial charge on any atom is -0.304 e. The lowest BCUT2D eigenvalue weighted by atomic mass is 10.0. The quantitative estimate of drug-likeness (QED) is 0.861. The smallest absolute Gasteiger partial charge is 0.128 e. The van der Waals surface area contributed by atoms with E-state index < -0.39 is 5.82 Å². The number of hydrogen-bond acceptors (Lipinski definition) is 1. The normalized spacial score (nSPS) is 14.1. The summed E-state index contributed by atoms with van der Waals surface area (Å²) in [7, 11) is 0. The minimum absolute atomic E-state index is 0.0684. The van der Waals surface area contributed by atoms with Crippen LogP contribution in [0.25, 0.3) is 0 Å². The third-order valence-electron chi connectivity index (χ3n) is 3.22. The number of rotatable bonds is 4. The van der Waals surface area contributed by atoms with Gasteiger partial charge in [-0.1, -0.05) is 30.3 Å². The van der Waals surface area contributed by atoms with Gasteiger partial charge in [0.1, 0.15) is 11.6 Å². The van der Waals surface area contributed by atoms with Crippen LogP contribution in [0.4, 0.5) is 8.78 Å². The van der Waals surface area contributed by atoms with E-state index >= 15 is 0 Å². The molecule has 2 rings (SSSR count). The van der Waals surface area contributed by atoms with E-state index in [1.165, 1.54) is 6.07 Å². The van der Waals surface area contributed by atoms with Crippen molar-refractivity contribution in [1.29, 1.82) is 0 Å². The van der Waals surface area contributed by atoms with Crippen LogP contribution in [0.15, 0.2) is 48.5 Å². The van der Waals surface area contributed by atoms with Crippen LogP contribution in [0.3, 0.4) is 0 Å². The second-order valence-electron chi connectivity index (χ2n) is 4.69. The molecule has 3 heteroatoms. The van der Waals surface area contributed by atoms with E-state index in [0.29, 0.717) is 5.56 Å². The highest BCUT2D eigenvalue weighted by molar-refractivity contribution is 5.23. The van der Waals surface area contributed by atoms with Gasteiger partial charge in [0.25, 0.3) is 0 Å².